The number of nitrogens with two attached hydrogens (primary N) is 1. The highest BCUT2D eigenvalue weighted by Gasteiger charge is 2.25. The van der Waals surface area contributed by atoms with Crippen molar-refractivity contribution in [1.29, 1.82) is 0 Å². The molecule has 1 heterocycles. The SMILES string of the molecule is NC(c1ccccc1C1CCC1)c1ncc(Br)cc1Br. The van der Waals surface area contributed by atoms with Crippen molar-refractivity contribution in [2.75, 3.05) is 0 Å². The van der Waals surface area contributed by atoms with E-state index in [0.717, 1.165) is 14.6 Å². The molecule has 0 amide bonds. The van der Waals surface area contributed by atoms with Crippen molar-refractivity contribution in [3.8, 4) is 0 Å². The van der Waals surface area contributed by atoms with Crippen molar-refractivity contribution in [2.45, 2.75) is 31.2 Å². The summed E-state index contributed by atoms with van der Waals surface area (Å²) in [5, 5.41) is 0. The number of rotatable bonds is 3. The molecule has 1 aromatic carbocycles. The molecule has 0 bridgehead atoms. The lowest BCUT2D eigenvalue weighted by molar-refractivity contribution is 0.416. The van der Waals surface area contributed by atoms with E-state index in [1.807, 2.05) is 6.07 Å². The molecule has 0 spiro atoms. The standard InChI is InChI=1S/C16H16Br2N2/c17-11-8-14(18)16(20-9-11)15(19)13-7-2-1-6-12(13)10-4-3-5-10/h1-2,6-10,15H,3-5,19H2. The molecule has 1 fully saturated rings. The van der Waals surface area contributed by atoms with Crippen LogP contribution in [0.25, 0.3) is 0 Å². The third kappa shape index (κ3) is 2.69. The van der Waals surface area contributed by atoms with Gasteiger partial charge in [0.15, 0.2) is 0 Å². The van der Waals surface area contributed by atoms with E-state index in [9.17, 15) is 0 Å². The van der Waals surface area contributed by atoms with Gasteiger partial charge in [-0.25, -0.2) is 0 Å². The highest BCUT2D eigenvalue weighted by molar-refractivity contribution is 9.11. The predicted octanol–water partition coefficient (Wildman–Crippen LogP) is 4.92. The van der Waals surface area contributed by atoms with E-state index < -0.39 is 0 Å². The Bertz CT molecular complexity index is 624. The lowest BCUT2D eigenvalue weighted by atomic mass is 9.77. The van der Waals surface area contributed by atoms with Gasteiger partial charge >= 0.3 is 0 Å². The van der Waals surface area contributed by atoms with Gasteiger partial charge in [-0.05, 0) is 67.8 Å². The topological polar surface area (TPSA) is 38.9 Å². The quantitative estimate of drug-likeness (QED) is 0.800. The van der Waals surface area contributed by atoms with Crippen molar-refractivity contribution in [1.82, 2.24) is 4.98 Å². The van der Waals surface area contributed by atoms with Crippen molar-refractivity contribution < 1.29 is 0 Å². The minimum atomic E-state index is -0.186. The average molecular weight is 396 g/mol. The second-order valence-electron chi connectivity index (χ2n) is 5.26. The normalized spacial score (nSPS) is 16.8. The number of hydrogen-bond donors (Lipinski definition) is 1. The average Bonchev–Trinajstić information content (AvgIpc) is 2.37. The van der Waals surface area contributed by atoms with Crippen LogP contribution >= 0.6 is 31.9 Å². The van der Waals surface area contributed by atoms with E-state index >= 15 is 0 Å². The molecule has 104 valence electrons. The largest absolute Gasteiger partial charge is 0.319 e. The van der Waals surface area contributed by atoms with Gasteiger partial charge in [0.1, 0.15) is 0 Å². The highest BCUT2D eigenvalue weighted by atomic mass is 79.9. The number of halogens is 2. The number of aromatic nitrogens is 1. The summed E-state index contributed by atoms with van der Waals surface area (Å²) in [6.45, 7) is 0. The first-order valence-electron chi connectivity index (χ1n) is 6.82. The molecule has 0 radical (unpaired) electrons. The summed E-state index contributed by atoms with van der Waals surface area (Å²) in [7, 11) is 0. The van der Waals surface area contributed by atoms with E-state index in [1.54, 1.807) is 6.20 Å². The molecule has 2 aromatic rings. The second-order valence-corrected chi connectivity index (χ2v) is 7.03. The van der Waals surface area contributed by atoms with E-state index in [4.69, 9.17) is 5.73 Å². The van der Waals surface area contributed by atoms with Crippen LogP contribution in [0.3, 0.4) is 0 Å². The molecule has 3 rings (SSSR count). The molecule has 2 nitrogen and oxygen atoms in total. The van der Waals surface area contributed by atoms with Gasteiger partial charge in [-0.15, -0.1) is 0 Å². The monoisotopic (exact) mass is 394 g/mol. The van der Waals surface area contributed by atoms with Gasteiger partial charge in [0.2, 0.25) is 0 Å². The molecule has 0 aliphatic heterocycles. The van der Waals surface area contributed by atoms with Crippen molar-refractivity contribution >= 4 is 31.9 Å². The smallest absolute Gasteiger partial charge is 0.0759 e. The Morgan fingerprint density at radius 1 is 1.20 bits per heavy atom. The first kappa shape index (κ1) is 14.2. The molecule has 4 heteroatoms. The maximum atomic E-state index is 6.48. The highest BCUT2D eigenvalue weighted by Crippen LogP contribution is 2.40. The Balaban J connectivity index is 1.99. The summed E-state index contributed by atoms with van der Waals surface area (Å²) in [6.07, 6.45) is 5.68. The zero-order valence-electron chi connectivity index (χ0n) is 11.0. The predicted molar refractivity (Wildman–Crippen MR) is 88.7 cm³/mol. The van der Waals surface area contributed by atoms with Crippen molar-refractivity contribution in [3.05, 3.63) is 62.3 Å². The van der Waals surface area contributed by atoms with E-state index in [-0.39, 0.29) is 6.04 Å². The molecular weight excluding hydrogens is 380 g/mol. The van der Waals surface area contributed by atoms with Crippen molar-refractivity contribution in [3.63, 3.8) is 0 Å². The minimum Gasteiger partial charge on any atom is -0.319 e. The van der Waals surface area contributed by atoms with Gasteiger partial charge in [0.25, 0.3) is 0 Å². The summed E-state index contributed by atoms with van der Waals surface area (Å²) in [4.78, 5) is 4.48. The molecule has 20 heavy (non-hydrogen) atoms. The number of hydrogen-bond acceptors (Lipinski definition) is 2. The first-order chi connectivity index (χ1) is 9.66. The number of nitrogens with zero attached hydrogens (tertiary/aromatic N) is 1. The maximum absolute atomic E-state index is 6.48. The van der Waals surface area contributed by atoms with Crippen LogP contribution < -0.4 is 5.73 Å². The lowest BCUT2D eigenvalue weighted by Crippen LogP contribution is -2.19. The van der Waals surface area contributed by atoms with Gasteiger partial charge in [0.05, 0.1) is 11.7 Å². The Labute approximate surface area is 136 Å². The minimum absolute atomic E-state index is 0.186. The molecule has 1 aliphatic carbocycles. The van der Waals surface area contributed by atoms with E-state index in [2.05, 4.69) is 61.1 Å². The zero-order chi connectivity index (χ0) is 14.1. The Morgan fingerprint density at radius 2 is 1.95 bits per heavy atom. The second kappa shape index (κ2) is 5.96. The van der Waals surface area contributed by atoms with Crippen LogP contribution in [0.2, 0.25) is 0 Å². The zero-order valence-corrected chi connectivity index (χ0v) is 14.2. The summed E-state index contributed by atoms with van der Waals surface area (Å²) < 4.78 is 1.90. The molecule has 0 saturated heterocycles. The lowest BCUT2D eigenvalue weighted by Gasteiger charge is -2.29. The fourth-order valence-electron chi connectivity index (χ4n) is 2.69. The van der Waals surface area contributed by atoms with Crippen LogP contribution in [-0.4, -0.2) is 4.98 Å². The van der Waals surface area contributed by atoms with Gasteiger partial charge in [0, 0.05) is 15.1 Å². The van der Waals surface area contributed by atoms with Crippen LogP contribution in [0.5, 0.6) is 0 Å². The van der Waals surface area contributed by atoms with Gasteiger partial charge in [-0.3, -0.25) is 4.98 Å². The fraction of sp³-hybridized carbons (Fsp3) is 0.312. The van der Waals surface area contributed by atoms with Gasteiger partial charge in [-0.1, -0.05) is 30.7 Å². The molecule has 2 N–H and O–H groups in total. The summed E-state index contributed by atoms with van der Waals surface area (Å²) in [6, 6.07) is 10.3. The fourth-order valence-corrected chi connectivity index (χ4v) is 3.92. The summed E-state index contributed by atoms with van der Waals surface area (Å²) >= 11 is 6.99. The molecule has 1 aliphatic rings. The third-order valence-corrected chi connectivity index (χ3v) is 5.08. The summed E-state index contributed by atoms with van der Waals surface area (Å²) in [5.74, 6) is 0.673. The Morgan fingerprint density at radius 3 is 2.60 bits per heavy atom. The van der Waals surface area contributed by atoms with E-state index in [1.165, 1.54) is 30.4 Å². The van der Waals surface area contributed by atoms with Gasteiger partial charge < -0.3 is 5.73 Å². The maximum Gasteiger partial charge on any atom is 0.0759 e. The molecular formula is C16H16Br2N2. The Kier molecular flexibility index (Phi) is 4.24. The summed E-state index contributed by atoms with van der Waals surface area (Å²) in [5.41, 5.74) is 9.96. The number of pyridine rings is 1. The van der Waals surface area contributed by atoms with E-state index in [0.29, 0.717) is 5.92 Å². The molecule has 1 saturated carbocycles. The molecule has 1 aromatic heterocycles. The molecule has 1 unspecified atom stereocenters. The first-order valence-corrected chi connectivity index (χ1v) is 8.40. The third-order valence-electron chi connectivity index (χ3n) is 4.01. The van der Waals surface area contributed by atoms with Gasteiger partial charge in [-0.2, -0.15) is 0 Å². The van der Waals surface area contributed by atoms with Crippen LogP contribution in [0.1, 0.15) is 48.0 Å². The van der Waals surface area contributed by atoms with Crippen LogP contribution in [0.4, 0.5) is 0 Å². The van der Waals surface area contributed by atoms with Crippen LogP contribution in [0, 0.1) is 0 Å². The van der Waals surface area contributed by atoms with Crippen molar-refractivity contribution in [2.24, 2.45) is 5.73 Å². The van der Waals surface area contributed by atoms with Crippen LogP contribution in [-0.2, 0) is 0 Å². The Hall–Kier alpha value is -0.710. The number of benzene rings is 1. The molecule has 1 atom stereocenters. The van der Waals surface area contributed by atoms with Crippen LogP contribution in [0.15, 0.2) is 45.5 Å².